The predicted octanol–water partition coefficient (Wildman–Crippen LogP) is 5.10. The zero-order valence-electron chi connectivity index (χ0n) is 21.1. The summed E-state index contributed by atoms with van der Waals surface area (Å²) in [7, 11) is 0. The molecule has 0 radical (unpaired) electrons. The van der Waals surface area contributed by atoms with Crippen LogP contribution in [0.15, 0.2) is 91.5 Å². The van der Waals surface area contributed by atoms with Crippen LogP contribution in [0, 0.1) is 6.92 Å². The van der Waals surface area contributed by atoms with Gasteiger partial charge in [0.1, 0.15) is 5.69 Å². The Kier molecular flexibility index (Phi) is 6.21. The lowest BCUT2D eigenvalue weighted by Crippen LogP contribution is -2.38. The van der Waals surface area contributed by atoms with E-state index in [4.69, 9.17) is 0 Å². The minimum atomic E-state index is -0.206. The summed E-state index contributed by atoms with van der Waals surface area (Å²) in [5.41, 5.74) is 5.71. The molecule has 0 bridgehead atoms. The first-order chi connectivity index (χ1) is 18.5. The van der Waals surface area contributed by atoms with Crippen molar-refractivity contribution in [2.24, 2.45) is 0 Å². The number of hydrogen-bond donors (Lipinski definition) is 1. The van der Waals surface area contributed by atoms with Crippen molar-refractivity contribution in [3.63, 3.8) is 0 Å². The number of rotatable bonds is 5. The van der Waals surface area contributed by atoms with E-state index in [1.165, 1.54) is 5.56 Å². The Labute approximate surface area is 220 Å². The monoisotopic (exact) mass is 504 g/mol. The fraction of sp³-hybridized carbons (Fsp3) is 0.200. The molecule has 2 amide bonds. The van der Waals surface area contributed by atoms with Crippen molar-refractivity contribution in [3.8, 4) is 5.69 Å². The molecule has 4 heterocycles. The van der Waals surface area contributed by atoms with E-state index in [1.807, 2.05) is 77.0 Å². The van der Waals surface area contributed by atoms with Crippen LogP contribution in [-0.2, 0) is 0 Å². The molecule has 0 aliphatic carbocycles. The second-order valence-corrected chi connectivity index (χ2v) is 9.70. The molecule has 1 N–H and O–H groups in total. The van der Waals surface area contributed by atoms with E-state index in [-0.39, 0.29) is 11.8 Å². The van der Waals surface area contributed by atoms with E-state index >= 15 is 0 Å². The topological polar surface area (TPSA) is 84.5 Å². The van der Waals surface area contributed by atoms with Crippen LogP contribution in [0.3, 0.4) is 0 Å². The third-order valence-corrected chi connectivity index (χ3v) is 7.14. The van der Waals surface area contributed by atoms with Gasteiger partial charge in [0.15, 0.2) is 0 Å². The second kappa shape index (κ2) is 9.97. The number of nitrogens with zero attached hydrogens (tertiary/aromatic N) is 5. The first-order valence-electron chi connectivity index (χ1n) is 12.8. The van der Waals surface area contributed by atoms with Gasteiger partial charge in [0.2, 0.25) is 0 Å². The lowest BCUT2D eigenvalue weighted by Gasteiger charge is -2.32. The number of para-hydroxylation sites is 1. The predicted molar refractivity (Wildman–Crippen MR) is 146 cm³/mol. The van der Waals surface area contributed by atoms with Gasteiger partial charge in [-0.25, -0.2) is 9.67 Å². The van der Waals surface area contributed by atoms with Crippen LogP contribution in [0.1, 0.15) is 50.9 Å². The smallest absolute Gasteiger partial charge is 0.274 e. The first-order valence-corrected chi connectivity index (χ1v) is 12.8. The maximum Gasteiger partial charge on any atom is 0.274 e. The Bertz CT molecular complexity index is 1600. The van der Waals surface area contributed by atoms with Crippen molar-refractivity contribution >= 4 is 23.0 Å². The highest BCUT2D eigenvalue weighted by molar-refractivity contribution is 6.03. The highest BCUT2D eigenvalue weighted by Crippen LogP contribution is 2.30. The molecule has 1 aliphatic heterocycles. The molecule has 8 heteroatoms. The Morgan fingerprint density at radius 1 is 0.947 bits per heavy atom. The molecule has 3 aromatic heterocycles. The minimum Gasteiger partial charge on any atom is -0.339 e. The zero-order chi connectivity index (χ0) is 26.1. The summed E-state index contributed by atoms with van der Waals surface area (Å²) in [5.74, 6) is 0.229. The fourth-order valence-electron chi connectivity index (χ4n) is 5.11. The summed E-state index contributed by atoms with van der Waals surface area (Å²) in [6, 6.07) is 23.3. The average molecular weight is 505 g/mol. The molecule has 0 atom stereocenters. The van der Waals surface area contributed by atoms with E-state index in [0.717, 1.165) is 35.4 Å². The van der Waals surface area contributed by atoms with E-state index in [1.54, 1.807) is 23.3 Å². The highest BCUT2D eigenvalue weighted by Gasteiger charge is 2.25. The third kappa shape index (κ3) is 4.68. The normalized spacial score (nSPS) is 14.1. The van der Waals surface area contributed by atoms with Gasteiger partial charge in [-0.1, -0.05) is 30.3 Å². The number of benzene rings is 2. The van der Waals surface area contributed by atoms with Crippen molar-refractivity contribution in [2.75, 3.05) is 18.4 Å². The van der Waals surface area contributed by atoms with Gasteiger partial charge in [0, 0.05) is 25.0 Å². The van der Waals surface area contributed by atoms with Crippen LogP contribution in [0.2, 0.25) is 0 Å². The molecule has 0 spiro atoms. The summed E-state index contributed by atoms with van der Waals surface area (Å²) < 4.78 is 3.54. The first kappa shape index (κ1) is 23.7. The molecule has 5 aromatic rings. The maximum absolute atomic E-state index is 13.1. The number of piperidine rings is 1. The number of fused-ring (bicyclic) bond motifs is 1. The maximum atomic E-state index is 13.1. The standard InChI is InChI=1S/C30H28N6O2/c1-21-17-28(36(33-21)26-5-3-2-4-6-26)29(37)32-25-10-7-22(8-11-25)23-13-15-34(16-14-23)30(38)24-9-12-27-18-31-20-35(27)19-24/h2-12,17-20,23H,13-16H2,1H3,(H,32,37). The second-order valence-electron chi connectivity index (χ2n) is 9.70. The number of pyridine rings is 1. The van der Waals surface area contributed by atoms with Crippen LogP contribution >= 0.6 is 0 Å². The van der Waals surface area contributed by atoms with Crippen LogP contribution in [0.4, 0.5) is 5.69 Å². The molecule has 1 aliphatic rings. The lowest BCUT2D eigenvalue weighted by atomic mass is 9.89. The number of hydrogen-bond acceptors (Lipinski definition) is 4. The van der Waals surface area contributed by atoms with Crippen molar-refractivity contribution in [3.05, 3.63) is 114 Å². The average Bonchev–Trinajstić information content (AvgIpc) is 3.60. The Balaban J connectivity index is 1.08. The SMILES string of the molecule is Cc1cc(C(=O)Nc2ccc(C3CCN(C(=O)c4ccc5cncn5c4)CC3)cc2)n(-c2ccccc2)n1. The molecule has 1 saturated heterocycles. The van der Waals surface area contributed by atoms with Crippen molar-refractivity contribution in [1.29, 1.82) is 0 Å². The van der Waals surface area contributed by atoms with Crippen LogP contribution in [0.25, 0.3) is 11.2 Å². The van der Waals surface area contributed by atoms with Crippen molar-refractivity contribution < 1.29 is 9.59 Å². The molecular weight excluding hydrogens is 476 g/mol. The Morgan fingerprint density at radius 3 is 2.47 bits per heavy atom. The van der Waals surface area contributed by atoms with Crippen LogP contribution < -0.4 is 5.32 Å². The van der Waals surface area contributed by atoms with Crippen molar-refractivity contribution in [2.45, 2.75) is 25.7 Å². The number of aryl methyl sites for hydroxylation is 1. The Morgan fingerprint density at radius 2 is 1.71 bits per heavy atom. The number of likely N-dealkylation sites (tertiary alicyclic amines) is 1. The van der Waals surface area contributed by atoms with Crippen LogP contribution in [-0.4, -0.2) is 49.0 Å². The number of anilines is 1. The number of nitrogens with one attached hydrogen (secondary N) is 1. The largest absolute Gasteiger partial charge is 0.339 e. The summed E-state index contributed by atoms with van der Waals surface area (Å²) in [6.07, 6.45) is 7.14. The Hall–Kier alpha value is -4.72. The van der Waals surface area contributed by atoms with E-state index < -0.39 is 0 Å². The summed E-state index contributed by atoms with van der Waals surface area (Å²) in [6.45, 7) is 3.31. The fourth-order valence-corrected chi connectivity index (χ4v) is 5.11. The zero-order valence-corrected chi connectivity index (χ0v) is 21.1. The van der Waals surface area contributed by atoms with Crippen molar-refractivity contribution in [1.82, 2.24) is 24.1 Å². The quantitative estimate of drug-likeness (QED) is 0.361. The van der Waals surface area contributed by atoms with E-state index in [2.05, 4.69) is 27.5 Å². The molecule has 0 saturated carbocycles. The lowest BCUT2D eigenvalue weighted by molar-refractivity contribution is 0.0712. The van der Waals surface area contributed by atoms with Gasteiger partial charge in [-0.2, -0.15) is 5.10 Å². The summed E-state index contributed by atoms with van der Waals surface area (Å²) in [4.78, 5) is 32.2. The van der Waals surface area contributed by atoms with Gasteiger partial charge >= 0.3 is 0 Å². The third-order valence-electron chi connectivity index (χ3n) is 7.14. The molecule has 38 heavy (non-hydrogen) atoms. The van der Waals surface area contributed by atoms with Gasteiger partial charge in [-0.05, 0) is 73.7 Å². The molecule has 190 valence electrons. The van der Waals surface area contributed by atoms with Gasteiger partial charge < -0.3 is 14.6 Å². The summed E-state index contributed by atoms with van der Waals surface area (Å²) in [5, 5.41) is 7.49. The number of amides is 2. The van der Waals surface area contributed by atoms with Gasteiger partial charge in [-0.15, -0.1) is 0 Å². The highest BCUT2D eigenvalue weighted by atomic mass is 16.2. The molecule has 1 fully saturated rings. The van der Waals surface area contributed by atoms with Gasteiger partial charge in [-0.3, -0.25) is 9.59 Å². The molecule has 6 rings (SSSR count). The van der Waals surface area contributed by atoms with Crippen LogP contribution in [0.5, 0.6) is 0 Å². The molecule has 8 nitrogen and oxygen atoms in total. The number of carbonyl (C=O) groups excluding carboxylic acids is 2. The van der Waals surface area contributed by atoms with E-state index in [0.29, 0.717) is 30.3 Å². The van der Waals surface area contributed by atoms with Gasteiger partial charge in [0.25, 0.3) is 11.8 Å². The summed E-state index contributed by atoms with van der Waals surface area (Å²) >= 11 is 0. The number of aromatic nitrogens is 4. The molecular formula is C30H28N6O2. The molecule has 2 aromatic carbocycles. The van der Waals surface area contributed by atoms with Gasteiger partial charge in [0.05, 0.1) is 35.0 Å². The van der Waals surface area contributed by atoms with E-state index in [9.17, 15) is 9.59 Å². The number of imidazole rings is 1. The number of carbonyl (C=O) groups is 2. The molecule has 0 unspecified atom stereocenters. The minimum absolute atomic E-state index is 0.0575.